The van der Waals surface area contributed by atoms with Gasteiger partial charge in [0.1, 0.15) is 0 Å². The molecule has 4 nitrogen and oxygen atoms in total. The topological polar surface area (TPSA) is 53.8 Å². The predicted molar refractivity (Wildman–Crippen MR) is 80.5 cm³/mol. The summed E-state index contributed by atoms with van der Waals surface area (Å²) < 4.78 is 0. The normalized spacial score (nSPS) is 20.6. The third kappa shape index (κ3) is 3.13. The Bertz CT molecular complexity index is 609. The highest BCUT2D eigenvalue weighted by Crippen LogP contribution is 2.37. The minimum absolute atomic E-state index is 0.0779. The molecule has 0 saturated carbocycles. The Balaban J connectivity index is 1.49. The third-order valence-electron chi connectivity index (χ3n) is 4.27. The number of amides is 1. The number of carbonyl (C=O) groups is 1. The second kappa shape index (κ2) is 5.69. The molecule has 0 aromatic heterocycles. The zero-order chi connectivity index (χ0) is 14.7. The standard InChI is InChI=1S/C17H19N3O/c1-2-3-11-17(19-20-17)12-10-16(21)18-15-9-8-13-6-4-5-7-14(13)15/h1,4-7,15H,3,8-12H2,(H,18,21)/t15-/m1/s1. The molecule has 0 radical (unpaired) electrons. The van der Waals surface area contributed by atoms with Gasteiger partial charge in [0.2, 0.25) is 5.91 Å². The maximum Gasteiger partial charge on any atom is 0.220 e. The Morgan fingerprint density at radius 3 is 2.95 bits per heavy atom. The zero-order valence-electron chi connectivity index (χ0n) is 12.0. The fourth-order valence-corrected chi connectivity index (χ4v) is 2.96. The number of rotatable bonds is 6. The number of terminal acetylenes is 1. The molecule has 4 heteroatoms. The van der Waals surface area contributed by atoms with E-state index in [1.165, 1.54) is 11.1 Å². The van der Waals surface area contributed by atoms with Gasteiger partial charge in [0.25, 0.3) is 0 Å². The molecule has 0 spiro atoms. The van der Waals surface area contributed by atoms with Crippen LogP contribution in [0.4, 0.5) is 0 Å². The lowest BCUT2D eigenvalue weighted by Crippen LogP contribution is -2.28. The van der Waals surface area contributed by atoms with Crippen molar-refractivity contribution in [3.8, 4) is 12.3 Å². The molecule has 1 aromatic rings. The molecule has 1 aromatic carbocycles. The van der Waals surface area contributed by atoms with E-state index in [0.717, 1.165) is 19.3 Å². The summed E-state index contributed by atoms with van der Waals surface area (Å²) in [6, 6.07) is 8.48. The van der Waals surface area contributed by atoms with Crippen LogP contribution in [0.2, 0.25) is 0 Å². The molecule has 108 valence electrons. The number of carbonyl (C=O) groups excluding carboxylic acids is 1. The highest BCUT2D eigenvalue weighted by Gasteiger charge is 2.39. The fraction of sp³-hybridized carbons (Fsp3) is 0.471. The monoisotopic (exact) mass is 281 g/mol. The van der Waals surface area contributed by atoms with Crippen LogP contribution in [0.25, 0.3) is 0 Å². The lowest BCUT2D eigenvalue weighted by molar-refractivity contribution is -0.122. The minimum Gasteiger partial charge on any atom is -0.349 e. The van der Waals surface area contributed by atoms with E-state index in [1.807, 2.05) is 12.1 Å². The molecule has 1 N–H and O–H groups in total. The van der Waals surface area contributed by atoms with Crippen molar-refractivity contribution in [3.05, 3.63) is 35.4 Å². The fourth-order valence-electron chi connectivity index (χ4n) is 2.96. The Labute approximate surface area is 125 Å². The van der Waals surface area contributed by atoms with Gasteiger partial charge in [-0.1, -0.05) is 24.3 Å². The van der Waals surface area contributed by atoms with Gasteiger partial charge >= 0.3 is 0 Å². The molecule has 1 aliphatic carbocycles. The molecular formula is C17H19N3O. The second-order valence-corrected chi connectivity index (χ2v) is 5.74. The van der Waals surface area contributed by atoms with Gasteiger partial charge in [0, 0.05) is 25.7 Å². The van der Waals surface area contributed by atoms with E-state index >= 15 is 0 Å². The number of hydrogen-bond acceptors (Lipinski definition) is 3. The molecule has 2 aliphatic rings. The molecule has 1 amide bonds. The van der Waals surface area contributed by atoms with Gasteiger partial charge in [0.05, 0.1) is 6.04 Å². The Hall–Kier alpha value is -2.15. The first-order valence-corrected chi connectivity index (χ1v) is 7.47. The lowest BCUT2D eigenvalue weighted by atomic mass is 10.0. The van der Waals surface area contributed by atoms with Crippen LogP contribution in [0.1, 0.15) is 49.3 Å². The van der Waals surface area contributed by atoms with Crippen LogP contribution in [0.3, 0.4) is 0 Å². The van der Waals surface area contributed by atoms with Crippen LogP contribution in [-0.2, 0) is 11.2 Å². The summed E-state index contributed by atoms with van der Waals surface area (Å²) in [7, 11) is 0. The molecule has 0 bridgehead atoms. The van der Waals surface area contributed by atoms with Crippen LogP contribution in [0, 0.1) is 12.3 Å². The van der Waals surface area contributed by atoms with Gasteiger partial charge < -0.3 is 5.32 Å². The number of aryl methyl sites for hydroxylation is 1. The number of nitrogens with zero attached hydrogens (tertiary/aromatic N) is 2. The van der Waals surface area contributed by atoms with E-state index < -0.39 is 0 Å². The third-order valence-corrected chi connectivity index (χ3v) is 4.27. The van der Waals surface area contributed by atoms with Crippen molar-refractivity contribution in [1.82, 2.24) is 5.32 Å². The van der Waals surface area contributed by atoms with Crippen molar-refractivity contribution in [2.24, 2.45) is 10.2 Å². The Morgan fingerprint density at radius 1 is 1.38 bits per heavy atom. The average molecular weight is 281 g/mol. The largest absolute Gasteiger partial charge is 0.349 e. The van der Waals surface area contributed by atoms with Crippen molar-refractivity contribution in [1.29, 1.82) is 0 Å². The molecular weight excluding hydrogens is 262 g/mol. The smallest absolute Gasteiger partial charge is 0.220 e. The van der Waals surface area contributed by atoms with E-state index in [4.69, 9.17) is 6.42 Å². The van der Waals surface area contributed by atoms with E-state index in [0.29, 0.717) is 19.3 Å². The quantitative estimate of drug-likeness (QED) is 0.800. The molecule has 1 aliphatic heterocycles. The van der Waals surface area contributed by atoms with Crippen LogP contribution in [-0.4, -0.2) is 11.6 Å². The maximum atomic E-state index is 12.1. The van der Waals surface area contributed by atoms with E-state index in [1.54, 1.807) is 0 Å². The first kappa shape index (κ1) is 13.8. The van der Waals surface area contributed by atoms with Crippen molar-refractivity contribution >= 4 is 5.91 Å². The molecule has 1 heterocycles. The summed E-state index contributed by atoms with van der Waals surface area (Å²) in [6.07, 6.45) is 9.82. The van der Waals surface area contributed by atoms with Crippen LogP contribution in [0.5, 0.6) is 0 Å². The Morgan fingerprint density at radius 2 is 2.19 bits per heavy atom. The van der Waals surface area contributed by atoms with Gasteiger partial charge in [-0.2, -0.15) is 10.2 Å². The van der Waals surface area contributed by atoms with E-state index in [9.17, 15) is 4.79 Å². The van der Waals surface area contributed by atoms with E-state index in [-0.39, 0.29) is 17.6 Å². The summed E-state index contributed by atoms with van der Waals surface area (Å²) in [6.45, 7) is 0. The summed E-state index contributed by atoms with van der Waals surface area (Å²) in [5.74, 6) is 2.68. The molecule has 0 fully saturated rings. The number of hydrogen-bond donors (Lipinski definition) is 1. The number of benzene rings is 1. The highest BCUT2D eigenvalue weighted by molar-refractivity contribution is 5.76. The van der Waals surface area contributed by atoms with Crippen molar-refractivity contribution < 1.29 is 4.79 Å². The summed E-state index contributed by atoms with van der Waals surface area (Å²) in [5.41, 5.74) is 2.24. The predicted octanol–water partition coefficient (Wildman–Crippen LogP) is 3.15. The zero-order valence-corrected chi connectivity index (χ0v) is 12.0. The summed E-state index contributed by atoms with van der Waals surface area (Å²) >= 11 is 0. The van der Waals surface area contributed by atoms with E-state index in [2.05, 4.69) is 33.6 Å². The molecule has 21 heavy (non-hydrogen) atoms. The Kier molecular flexibility index (Phi) is 3.74. The maximum absolute atomic E-state index is 12.1. The molecule has 0 saturated heterocycles. The van der Waals surface area contributed by atoms with Crippen LogP contribution >= 0.6 is 0 Å². The summed E-state index contributed by atoms with van der Waals surface area (Å²) in [4.78, 5) is 12.1. The summed E-state index contributed by atoms with van der Waals surface area (Å²) in [5, 5.41) is 11.3. The minimum atomic E-state index is -0.364. The molecule has 1 atom stereocenters. The molecule has 3 rings (SSSR count). The first-order chi connectivity index (χ1) is 10.2. The number of fused-ring (bicyclic) bond motifs is 1. The lowest BCUT2D eigenvalue weighted by Gasteiger charge is -2.15. The van der Waals surface area contributed by atoms with Gasteiger partial charge in [-0.3, -0.25) is 4.79 Å². The van der Waals surface area contributed by atoms with Crippen LogP contribution in [0.15, 0.2) is 34.5 Å². The van der Waals surface area contributed by atoms with Gasteiger partial charge in [-0.25, -0.2) is 0 Å². The number of nitrogens with one attached hydrogen (secondary N) is 1. The van der Waals surface area contributed by atoms with Gasteiger partial charge in [0.15, 0.2) is 5.66 Å². The second-order valence-electron chi connectivity index (χ2n) is 5.74. The SMILES string of the molecule is C#CCCC1(CCC(=O)N[C@@H]2CCc3ccccc32)N=N1. The van der Waals surface area contributed by atoms with Crippen molar-refractivity contribution in [3.63, 3.8) is 0 Å². The van der Waals surface area contributed by atoms with Gasteiger partial charge in [-0.15, -0.1) is 12.3 Å². The average Bonchev–Trinajstić information content (AvgIpc) is 3.18. The van der Waals surface area contributed by atoms with Crippen LogP contribution < -0.4 is 5.32 Å². The van der Waals surface area contributed by atoms with Crippen molar-refractivity contribution in [2.75, 3.05) is 0 Å². The highest BCUT2D eigenvalue weighted by atomic mass is 16.1. The first-order valence-electron chi connectivity index (χ1n) is 7.47. The van der Waals surface area contributed by atoms with Crippen molar-refractivity contribution in [2.45, 2.75) is 50.2 Å². The van der Waals surface area contributed by atoms with Gasteiger partial charge in [-0.05, 0) is 24.0 Å². The molecule has 0 unspecified atom stereocenters.